The van der Waals surface area contributed by atoms with Gasteiger partial charge in [0.15, 0.2) is 0 Å². The van der Waals surface area contributed by atoms with Crippen molar-refractivity contribution in [3.8, 4) is 0 Å². The van der Waals surface area contributed by atoms with E-state index in [1.165, 1.54) is 4.90 Å². The van der Waals surface area contributed by atoms with Crippen LogP contribution in [-0.4, -0.2) is 49.9 Å². The molecule has 0 aliphatic carbocycles. The smallest absolute Gasteiger partial charge is 0.237 e. The Morgan fingerprint density at radius 1 is 1.47 bits per heavy atom. The second kappa shape index (κ2) is 7.00. The molecule has 1 atom stereocenters. The molecule has 86 valence electrons. The molecule has 0 heterocycles. The normalized spacial score (nSPS) is 11.7. The van der Waals surface area contributed by atoms with Crippen LogP contribution < -0.4 is 10.6 Å². The third-order valence-electron chi connectivity index (χ3n) is 1.87. The van der Waals surface area contributed by atoms with Gasteiger partial charge in [0.2, 0.25) is 11.8 Å². The van der Waals surface area contributed by atoms with Gasteiger partial charge < -0.3 is 10.2 Å². The number of nitrogens with zero attached hydrogens (tertiary/aromatic N) is 1. The van der Waals surface area contributed by atoms with Crippen molar-refractivity contribution in [1.29, 1.82) is 0 Å². The standard InChI is InChI=1S/C10H19N3O2/c1-5-6-11-10(15)8(2)12-7-9(14)13(3)4/h5,8,12H,1,6-7H2,2-4H3,(H,11,15). The minimum absolute atomic E-state index is 0.0571. The van der Waals surface area contributed by atoms with Gasteiger partial charge in [0, 0.05) is 20.6 Å². The second-order valence-electron chi connectivity index (χ2n) is 3.42. The fourth-order valence-electron chi connectivity index (χ4n) is 0.817. The zero-order valence-electron chi connectivity index (χ0n) is 9.54. The van der Waals surface area contributed by atoms with Crippen LogP contribution in [0.5, 0.6) is 0 Å². The molecular weight excluding hydrogens is 194 g/mol. The van der Waals surface area contributed by atoms with E-state index in [1.54, 1.807) is 27.1 Å². The van der Waals surface area contributed by atoms with E-state index < -0.39 is 0 Å². The summed E-state index contributed by atoms with van der Waals surface area (Å²) in [6.07, 6.45) is 1.61. The predicted molar refractivity (Wildman–Crippen MR) is 59.4 cm³/mol. The number of nitrogens with one attached hydrogen (secondary N) is 2. The fourth-order valence-corrected chi connectivity index (χ4v) is 0.817. The summed E-state index contributed by atoms with van der Waals surface area (Å²) >= 11 is 0. The van der Waals surface area contributed by atoms with Crippen LogP contribution in [0, 0.1) is 0 Å². The van der Waals surface area contributed by atoms with Gasteiger partial charge in [0.05, 0.1) is 12.6 Å². The van der Waals surface area contributed by atoms with Crippen molar-refractivity contribution >= 4 is 11.8 Å². The summed E-state index contributed by atoms with van der Waals surface area (Å²) in [5, 5.41) is 5.48. The Morgan fingerprint density at radius 2 is 2.07 bits per heavy atom. The van der Waals surface area contributed by atoms with Gasteiger partial charge in [-0.1, -0.05) is 6.08 Å². The van der Waals surface area contributed by atoms with Gasteiger partial charge in [-0.15, -0.1) is 6.58 Å². The lowest BCUT2D eigenvalue weighted by Gasteiger charge is -2.15. The van der Waals surface area contributed by atoms with Crippen LogP contribution in [0.15, 0.2) is 12.7 Å². The molecule has 0 aliphatic heterocycles. The van der Waals surface area contributed by atoms with Crippen LogP contribution in [0.1, 0.15) is 6.92 Å². The van der Waals surface area contributed by atoms with Crippen LogP contribution in [0.2, 0.25) is 0 Å². The SMILES string of the molecule is C=CCNC(=O)C(C)NCC(=O)N(C)C. The van der Waals surface area contributed by atoms with E-state index in [0.717, 1.165) is 0 Å². The molecule has 0 aliphatic rings. The molecule has 0 aromatic heterocycles. The number of hydrogen-bond acceptors (Lipinski definition) is 3. The molecule has 15 heavy (non-hydrogen) atoms. The van der Waals surface area contributed by atoms with Crippen molar-refractivity contribution in [2.75, 3.05) is 27.2 Å². The Balaban J connectivity index is 3.82. The first-order valence-electron chi connectivity index (χ1n) is 4.81. The van der Waals surface area contributed by atoms with Gasteiger partial charge in [-0.3, -0.25) is 14.9 Å². The van der Waals surface area contributed by atoms with Crippen molar-refractivity contribution in [2.45, 2.75) is 13.0 Å². The summed E-state index contributed by atoms with van der Waals surface area (Å²) in [6, 6.07) is -0.381. The van der Waals surface area contributed by atoms with Gasteiger partial charge in [0.25, 0.3) is 0 Å². The number of rotatable bonds is 6. The molecule has 1 unspecified atom stereocenters. The first kappa shape index (κ1) is 13.6. The van der Waals surface area contributed by atoms with Crippen molar-refractivity contribution in [3.05, 3.63) is 12.7 Å². The van der Waals surface area contributed by atoms with Crippen molar-refractivity contribution in [1.82, 2.24) is 15.5 Å². The van der Waals surface area contributed by atoms with Crippen LogP contribution in [0.25, 0.3) is 0 Å². The summed E-state index contributed by atoms with van der Waals surface area (Å²) in [7, 11) is 3.35. The average molecular weight is 213 g/mol. The van der Waals surface area contributed by atoms with Crippen LogP contribution in [0.3, 0.4) is 0 Å². The molecule has 0 bridgehead atoms. The highest BCUT2D eigenvalue weighted by Gasteiger charge is 2.13. The third kappa shape index (κ3) is 5.85. The Kier molecular flexibility index (Phi) is 6.37. The minimum atomic E-state index is -0.381. The highest BCUT2D eigenvalue weighted by molar-refractivity contribution is 5.83. The lowest BCUT2D eigenvalue weighted by Crippen LogP contribution is -2.45. The molecule has 5 heteroatoms. The van der Waals surface area contributed by atoms with Crippen LogP contribution >= 0.6 is 0 Å². The van der Waals surface area contributed by atoms with E-state index in [1.807, 2.05) is 0 Å². The Hall–Kier alpha value is -1.36. The zero-order valence-corrected chi connectivity index (χ0v) is 9.54. The van der Waals surface area contributed by atoms with E-state index in [-0.39, 0.29) is 24.4 Å². The first-order valence-corrected chi connectivity index (χ1v) is 4.81. The number of carbonyl (C=O) groups is 2. The molecule has 2 amide bonds. The van der Waals surface area contributed by atoms with E-state index in [2.05, 4.69) is 17.2 Å². The largest absolute Gasteiger partial charge is 0.351 e. The molecule has 2 N–H and O–H groups in total. The van der Waals surface area contributed by atoms with Crippen LogP contribution in [-0.2, 0) is 9.59 Å². The molecule has 0 fully saturated rings. The Bertz CT molecular complexity index is 239. The molecule has 5 nitrogen and oxygen atoms in total. The summed E-state index contributed by atoms with van der Waals surface area (Å²) < 4.78 is 0. The predicted octanol–water partition coefficient (Wildman–Crippen LogP) is -0.645. The van der Waals surface area contributed by atoms with E-state index in [9.17, 15) is 9.59 Å². The maximum absolute atomic E-state index is 11.3. The molecule has 0 radical (unpaired) electrons. The first-order chi connectivity index (χ1) is 6.99. The van der Waals surface area contributed by atoms with Crippen molar-refractivity contribution in [3.63, 3.8) is 0 Å². The summed E-state index contributed by atoms with van der Waals surface area (Å²) in [5.41, 5.74) is 0. The van der Waals surface area contributed by atoms with Crippen molar-refractivity contribution in [2.24, 2.45) is 0 Å². The maximum atomic E-state index is 11.3. The quantitative estimate of drug-likeness (QED) is 0.577. The Morgan fingerprint density at radius 3 is 2.53 bits per heavy atom. The number of hydrogen-bond donors (Lipinski definition) is 2. The van der Waals surface area contributed by atoms with E-state index in [4.69, 9.17) is 0 Å². The lowest BCUT2D eigenvalue weighted by atomic mass is 10.3. The summed E-state index contributed by atoms with van der Waals surface area (Å²) in [4.78, 5) is 24.0. The van der Waals surface area contributed by atoms with Gasteiger partial charge in [-0.2, -0.15) is 0 Å². The topological polar surface area (TPSA) is 61.4 Å². The fraction of sp³-hybridized carbons (Fsp3) is 0.600. The molecule has 0 aromatic rings. The number of likely N-dealkylation sites (N-methyl/N-ethyl adjacent to an activating group) is 1. The molecule has 0 rings (SSSR count). The monoisotopic (exact) mass is 213 g/mol. The molecule has 0 aromatic carbocycles. The Labute approximate surface area is 90.5 Å². The van der Waals surface area contributed by atoms with Gasteiger partial charge in [0.1, 0.15) is 0 Å². The number of carbonyl (C=O) groups excluding carboxylic acids is 2. The van der Waals surface area contributed by atoms with E-state index in [0.29, 0.717) is 6.54 Å². The highest BCUT2D eigenvalue weighted by atomic mass is 16.2. The molecule has 0 spiro atoms. The number of amides is 2. The van der Waals surface area contributed by atoms with Gasteiger partial charge in [-0.25, -0.2) is 0 Å². The molecule has 0 saturated carbocycles. The molecule has 0 saturated heterocycles. The minimum Gasteiger partial charge on any atom is -0.351 e. The summed E-state index contributed by atoms with van der Waals surface area (Å²) in [6.45, 7) is 5.80. The highest BCUT2D eigenvalue weighted by Crippen LogP contribution is 1.83. The van der Waals surface area contributed by atoms with Crippen LogP contribution in [0.4, 0.5) is 0 Å². The van der Waals surface area contributed by atoms with E-state index >= 15 is 0 Å². The van der Waals surface area contributed by atoms with Crippen molar-refractivity contribution < 1.29 is 9.59 Å². The maximum Gasteiger partial charge on any atom is 0.237 e. The second-order valence-corrected chi connectivity index (χ2v) is 3.42. The van der Waals surface area contributed by atoms with Gasteiger partial charge >= 0.3 is 0 Å². The third-order valence-corrected chi connectivity index (χ3v) is 1.87. The average Bonchev–Trinajstić information content (AvgIpc) is 2.21. The zero-order chi connectivity index (χ0) is 11.8. The van der Waals surface area contributed by atoms with Gasteiger partial charge in [-0.05, 0) is 6.92 Å². The molecular formula is C10H19N3O2. The summed E-state index contributed by atoms with van der Waals surface area (Å²) in [5.74, 6) is -0.195. The lowest BCUT2D eigenvalue weighted by molar-refractivity contribution is -0.128.